The molecule has 0 aromatic heterocycles. The van der Waals surface area contributed by atoms with Crippen molar-refractivity contribution in [1.29, 1.82) is 0 Å². The first-order valence-corrected chi connectivity index (χ1v) is 9.21. The normalized spacial score (nSPS) is 24.4. The van der Waals surface area contributed by atoms with Crippen molar-refractivity contribution in [2.45, 2.75) is 71.6 Å². The van der Waals surface area contributed by atoms with Crippen molar-refractivity contribution in [3.63, 3.8) is 0 Å². The number of hydrogen-bond acceptors (Lipinski definition) is 4. The van der Waals surface area contributed by atoms with E-state index in [4.69, 9.17) is 4.74 Å². The second kappa shape index (κ2) is 7.84. The molecule has 0 aromatic carbocycles. The van der Waals surface area contributed by atoms with Gasteiger partial charge in [-0.15, -0.1) is 0 Å². The Morgan fingerprint density at radius 2 is 1.87 bits per heavy atom. The molecule has 2 aliphatic heterocycles. The van der Waals surface area contributed by atoms with Crippen LogP contribution in [0, 0.1) is 5.92 Å². The van der Waals surface area contributed by atoms with Crippen LogP contribution in [0.3, 0.4) is 0 Å². The van der Waals surface area contributed by atoms with Crippen LogP contribution in [0.25, 0.3) is 0 Å². The molecular formula is C18H35N3O2. The molecule has 2 atom stereocenters. The van der Waals surface area contributed by atoms with E-state index in [9.17, 15) is 4.79 Å². The van der Waals surface area contributed by atoms with Gasteiger partial charge in [0.1, 0.15) is 5.60 Å². The average Bonchev–Trinajstić information content (AvgIpc) is 3.07. The lowest BCUT2D eigenvalue weighted by Gasteiger charge is -2.32. The van der Waals surface area contributed by atoms with Gasteiger partial charge >= 0.3 is 6.09 Å². The first kappa shape index (κ1) is 18.5. The minimum Gasteiger partial charge on any atom is -0.444 e. The number of nitrogens with zero attached hydrogens (tertiary/aromatic N) is 2. The van der Waals surface area contributed by atoms with Gasteiger partial charge in [-0.3, -0.25) is 4.90 Å². The van der Waals surface area contributed by atoms with Crippen molar-refractivity contribution in [1.82, 2.24) is 15.1 Å². The molecule has 5 nitrogen and oxygen atoms in total. The fraction of sp³-hybridized carbons (Fsp3) is 0.944. The van der Waals surface area contributed by atoms with E-state index < -0.39 is 5.60 Å². The van der Waals surface area contributed by atoms with Crippen LogP contribution in [0.1, 0.15) is 53.9 Å². The van der Waals surface area contributed by atoms with Crippen LogP contribution in [0.2, 0.25) is 0 Å². The Bertz CT molecular complexity index is 386. The molecule has 134 valence electrons. The van der Waals surface area contributed by atoms with Gasteiger partial charge in [0.05, 0.1) is 0 Å². The maximum absolute atomic E-state index is 12.1. The smallest absolute Gasteiger partial charge is 0.410 e. The number of carbonyl (C=O) groups excluding carboxylic acids is 1. The summed E-state index contributed by atoms with van der Waals surface area (Å²) in [6.07, 6.45) is 3.50. The van der Waals surface area contributed by atoms with E-state index in [0.717, 1.165) is 26.1 Å². The van der Waals surface area contributed by atoms with Crippen LogP contribution in [0.5, 0.6) is 0 Å². The fourth-order valence-electron chi connectivity index (χ4n) is 3.57. The molecule has 2 unspecified atom stereocenters. The van der Waals surface area contributed by atoms with Crippen LogP contribution in [0.15, 0.2) is 0 Å². The van der Waals surface area contributed by atoms with Gasteiger partial charge < -0.3 is 15.0 Å². The highest BCUT2D eigenvalue weighted by Gasteiger charge is 2.31. The Kier molecular flexibility index (Phi) is 6.32. The fourth-order valence-corrected chi connectivity index (χ4v) is 3.57. The second-order valence-corrected chi connectivity index (χ2v) is 8.37. The number of amides is 1. The van der Waals surface area contributed by atoms with Gasteiger partial charge in [0.2, 0.25) is 0 Å². The minimum absolute atomic E-state index is 0.179. The molecule has 5 heteroatoms. The molecule has 0 radical (unpaired) electrons. The average molecular weight is 325 g/mol. The zero-order chi connectivity index (χ0) is 17.0. The van der Waals surface area contributed by atoms with E-state index in [1.54, 1.807) is 0 Å². The highest BCUT2D eigenvalue weighted by atomic mass is 16.6. The van der Waals surface area contributed by atoms with Gasteiger partial charge in [-0.2, -0.15) is 0 Å². The van der Waals surface area contributed by atoms with Crippen LogP contribution in [-0.2, 0) is 4.74 Å². The first-order chi connectivity index (χ1) is 10.8. The summed E-state index contributed by atoms with van der Waals surface area (Å²) in [6, 6.07) is 0.999. The molecule has 0 spiro atoms. The summed E-state index contributed by atoms with van der Waals surface area (Å²) >= 11 is 0. The zero-order valence-electron chi connectivity index (χ0n) is 15.6. The molecule has 2 saturated heterocycles. The van der Waals surface area contributed by atoms with E-state index >= 15 is 0 Å². The molecule has 1 amide bonds. The van der Waals surface area contributed by atoms with Crippen LogP contribution in [-0.4, -0.2) is 66.3 Å². The van der Waals surface area contributed by atoms with E-state index in [0.29, 0.717) is 18.0 Å². The van der Waals surface area contributed by atoms with Crippen LogP contribution < -0.4 is 5.32 Å². The maximum atomic E-state index is 12.1. The molecule has 23 heavy (non-hydrogen) atoms. The summed E-state index contributed by atoms with van der Waals surface area (Å²) in [5.74, 6) is 0.656. The number of hydrogen-bond donors (Lipinski definition) is 1. The number of rotatable bonds is 5. The van der Waals surface area contributed by atoms with Crippen molar-refractivity contribution in [3.05, 3.63) is 0 Å². The summed E-state index contributed by atoms with van der Waals surface area (Å²) in [7, 11) is 0. The first-order valence-electron chi connectivity index (χ1n) is 9.21. The van der Waals surface area contributed by atoms with Crippen molar-refractivity contribution < 1.29 is 9.53 Å². The summed E-state index contributed by atoms with van der Waals surface area (Å²) in [4.78, 5) is 16.6. The van der Waals surface area contributed by atoms with Crippen LogP contribution in [0.4, 0.5) is 4.79 Å². The summed E-state index contributed by atoms with van der Waals surface area (Å²) in [6.45, 7) is 15.4. The third-order valence-electron chi connectivity index (χ3n) is 4.83. The Morgan fingerprint density at radius 3 is 2.43 bits per heavy atom. The Morgan fingerprint density at radius 1 is 1.22 bits per heavy atom. The SMILES string of the molecule is CC(C)C(CNC1CCN(C(=O)OC(C)(C)C)C1)N1CCCC1. The lowest BCUT2D eigenvalue weighted by Crippen LogP contribution is -2.47. The number of nitrogens with one attached hydrogen (secondary N) is 1. The molecule has 0 aromatic rings. The summed E-state index contributed by atoms with van der Waals surface area (Å²) < 4.78 is 5.47. The monoisotopic (exact) mass is 325 g/mol. The predicted molar refractivity (Wildman–Crippen MR) is 93.6 cm³/mol. The van der Waals surface area contributed by atoms with E-state index in [-0.39, 0.29) is 6.09 Å². The Hall–Kier alpha value is -0.810. The number of carbonyl (C=O) groups is 1. The van der Waals surface area contributed by atoms with Crippen molar-refractivity contribution in [2.75, 3.05) is 32.7 Å². The van der Waals surface area contributed by atoms with Gasteiger partial charge in [0, 0.05) is 31.7 Å². The highest BCUT2D eigenvalue weighted by molar-refractivity contribution is 5.68. The van der Waals surface area contributed by atoms with E-state index in [1.165, 1.54) is 25.9 Å². The van der Waals surface area contributed by atoms with E-state index in [2.05, 4.69) is 24.1 Å². The molecule has 2 rings (SSSR count). The van der Waals surface area contributed by atoms with Gasteiger partial charge in [-0.1, -0.05) is 13.8 Å². The lowest BCUT2D eigenvalue weighted by molar-refractivity contribution is 0.0290. The molecule has 2 aliphatic rings. The largest absolute Gasteiger partial charge is 0.444 e. The maximum Gasteiger partial charge on any atom is 0.410 e. The quantitative estimate of drug-likeness (QED) is 0.844. The summed E-state index contributed by atoms with van der Waals surface area (Å²) in [5, 5.41) is 3.70. The standard InChI is InChI=1S/C18H35N3O2/c1-14(2)16(20-9-6-7-10-20)12-19-15-8-11-21(13-15)17(22)23-18(3,4)5/h14-16,19H,6-13H2,1-5H3. The third kappa shape index (κ3) is 5.64. The molecule has 0 bridgehead atoms. The molecular weight excluding hydrogens is 290 g/mol. The van der Waals surface area contributed by atoms with Gasteiger partial charge in [0.25, 0.3) is 0 Å². The number of ether oxygens (including phenoxy) is 1. The van der Waals surface area contributed by atoms with Crippen molar-refractivity contribution >= 4 is 6.09 Å². The van der Waals surface area contributed by atoms with Gasteiger partial charge in [-0.25, -0.2) is 4.79 Å². The minimum atomic E-state index is -0.416. The zero-order valence-corrected chi connectivity index (χ0v) is 15.6. The predicted octanol–water partition coefficient (Wildman–Crippen LogP) is 2.71. The van der Waals surface area contributed by atoms with Crippen molar-refractivity contribution in [3.8, 4) is 0 Å². The molecule has 2 heterocycles. The Balaban J connectivity index is 1.77. The third-order valence-corrected chi connectivity index (χ3v) is 4.83. The number of likely N-dealkylation sites (tertiary alicyclic amines) is 2. The molecule has 0 aliphatic carbocycles. The van der Waals surface area contributed by atoms with Gasteiger partial charge in [0.15, 0.2) is 0 Å². The summed E-state index contributed by atoms with van der Waals surface area (Å²) in [5.41, 5.74) is -0.416. The highest BCUT2D eigenvalue weighted by Crippen LogP contribution is 2.19. The molecule has 2 fully saturated rings. The topological polar surface area (TPSA) is 44.8 Å². The lowest BCUT2D eigenvalue weighted by atomic mass is 10.0. The molecule has 0 saturated carbocycles. The molecule has 1 N–H and O–H groups in total. The van der Waals surface area contributed by atoms with Crippen molar-refractivity contribution in [2.24, 2.45) is 5.92 Å². The van der Waals surface area contributed by atoms with Gasteiger partial charge in [-0.05, 0) is 59.0 Å². The Labute approximate surface area is 141 Å². The van der Waals surface area contributed by atoms with E-state index in [1.807, 2.05) is 25.7 Å². The second-order valence-electron chi connectivity index (χ2n) is 8.37. The van der Waals surface area contributed by atoms with Crippen LogP contribution >= 0.6 is 0 Å².